The largest absolute Gasteiger partial charge is 0.483 e. The van der Waals surface area contributed by atoms with Crippen LogP contribution in [0.4, 0.5) is 0 Å². The summed E-state index contributed by atoms with van der Waals surface area (Å²) in [4.78, 5) is 28.9. The van der Waals surface area contributed by atoms with E-state index in [0.717, 1.165) is 18.1 Å². The summed E-state index contributed by atoms with van der Waals surface area (Å²) in [5, 5.41) is 11.3. The average Bonchev–Trinajstić information content (AvgIpc) is 3.49. The lowest BCUT2D eigenvalue weighted by molar-refractivity contribution is -0.123. The van der Waals surface area contributed by atoms with Crippen LogP contribution in [0.3, 0.4) is 0 Å². The number of hydrogen-bond acceptors (Lipinski definition) is 6. The van der Waals surface area contributed by atoms with E-state index in [-0.39, 0.29) is 12.4 Å². The zero-order valence-electron chi connectivity index (χ0n) is 17.4. The minimum atomic E-state index is -0.276. The Labute approximate surface area is 185 Å². The van der Waals surface area contributed by atoms with Gasteiger partial charge in [-0.15, -0.1) is 11.3 Å². The number of likely N-dealkylation sites (tertiary alicyclic amines) is 1. The molecular formula is C21H28N6O3S. The smallest absolute Gasteiger partial charge is 0.290 e. The van der Waals surface area contributed by atoms with E-state index < -0.39 is 0 Å². The first-order valence-electron chi connectivity index (χ1n) is 10.3. The molecule has 1 aliphatic rings. The highest BCUT2D eigenvalue weighted by atomic mass is 32.1. The Bertz CT molecular complexity index is 973. The monoisotopic (exact) mass is 444 g/mol. The van der Waals surface area contributed by atoms with Crippen molar-refractivity contribution in [3.05, 3.63) is 41.8 Å². The topological polar surface area (TPSA) is 119 Å². The molecule has 3 aromatic heterocycles. The van der Waals surface area contributed by atoms with Crippen LogP contribution in [0.25, 0.3) is 16.4 Å². The molecule has 31 heavy (non-hydrogen) atoms. The Balaban J connectivity index is 0.000000858. The number of nitrogens with two attached hydrogens (primary N) is 1. The number of aryl methyl sites for hydroxylation is 1. The minimum absolute atomic E-state index is 0.250. The molecule has 0 aliphatic carbocycles. The summed E-state index contributed by atoms with van der Waals surface area (Å²) < 4.78 is 3.91. The number of rotatable bonds is 8. The third-order valence-corrected chi connectivity index (χ3v) is 6.13. The van der Waals surface area contributed by atoms with Gasteiger partial charge in [-0.25, -0.2) is 4.98 Å². The number of primary amides is 1. The predicted octanol–water partition coefficient (Wildman–Crippen LogP) is 2.75. The molecule has 1 aliphatic heterocycles. The third kappa shape index (κ3) is 6.50. The average molecular weight is 445 g/mol. The summed E-state index contributed by atoms with van der Waals surface area (Å²) >= 11 is 1.81. The molecule has 3 N–H and O–H groups in total. The Kier molecular flexibility index (Phi) is 8.36. The van der Waals surface area contributed by atoms with E-state index in [0.29, 0.717) is 19.4 Å². The van der Waals surface area contributed by atoms with Crippen LogP contribution in [0.5, 0.6) is 0 Å². The molecule has 0 radical (unpaired) electrons. The summed E-state index contributed by atoms with van der Waals surface area (Å²) in [5.74, 6) is 0.661. The molecule has 10 heteroatoms. The molecule has 0 bridgehead atoms. The first-order chi connectivity index (χ1) is 15.1. The highest BCUT2D eigenvalue weighted by Gasteiger charge is 2.15. The SMILES string of the molecule is NC(=O)CCCn1cc(-n2ccnc2-c2ccc(CN3CCCCC3)s2)cn1.O=CO. The first kappa shape index (κ1) is 22.7. The molecule has 0 unspecified atom stereocenters. The van der Waals surface area contributed by atoms with Crippen LogP contribution in [-0.4, -0.2) is 54.8 Å². The standard InChI is InChI=1S/C20H26N6OS.CH2O2/c21-19(27)5-4-11-25-14-16(13-23-25)26-12-8-22-20(26)18-7-6-17(28-18)15-24-9-2-1-3-10-24;2-1-3/h6-8,12-14H,1-5,9-11,15H2,(H2,21,27);1H,(H,2,3). The molecule has 1 saturated heterocycles. The van der Waals surface area contributed by atoms with Gasteiger partial charge in [0.25, 0.3) is 6.47 Å². The summed E-state index contributed by atoms with van der Waals surface area (Å²) in [6.45, 7) is 3.86. The third-order valence-electron chi connectivity index (χ3n) is 5.06. The van der Waals surface area contributed by atoms with Crippen LogP contribution in [0, 0.1) is 0 Å². The zero-order valence-corrected chi connectivity index (χ0v) is 18.2. The molecule has 4 rings (SSSR count). The van der Waals surface area contributed by atoms with Gasteiger partial charge in [-0.2, -0.15) is 5.10 Å². The van der Waals surface area contributed by atoms with Crippen molar-refractivity contribution >= 4 is 23.7 Å². The second-order valence-corrected chi connectivity index (χ2v) is 8.53. The lowest BCUT2D eigenvalue weighted by Gasteiger charge is -2.25. The highest BCUT2D eigenvalue weighted by Crippen LogP contribution is 2.30. The van der Waals surface area contributed by atoms with Gasteiger partial charge in [-0.05, 0) is 44.5 Å². The van der Waals surface area contributed by atoms with E-state index in [1.165, 1.54) is 42.1 Å². The van der Waals surface area contributed by atoms with Gasteiger partial charge in [0.05, 0.1) is 16.8 Å². The van der Waals surface area contributed by atoms with Gasteiger partial charge >= 0.3 is 0 Å². The summed E-state index contributed by atoms with van der Waals surface area (Å²) in [5.41, 5.74) is 6.17. The van der Waals surface area contributed by atoms with Crippen LogP contribution in [0.2, 0.25) is 0 Å². The van der Waals surface area contributed by atoms with Crippen molar-refractivity contribution < 1.29 is 14.7 Å². The maximum Gasteiger partial charge on any atom is 0.290 e. The van der Waals surface area contributed by atoms with Crippen LogP contribution < -0.4 is 5.73 Å². The van der Waals surface area contributed by atoms with E-state index >= 15 is 0 Å². The Hall–Kier alpha value is -2.98. The molecule has 1 fully saturated rings. The fourth-order valence-electron chi connectivity index (χ4n) is 3.63. The number of imidazole rings is 1. The molecule has 0 saturated carbocycles. The van der Waals surface area contributed by atoms with E-state index in [1.807, 2.05) is 40.8 Å². The first-order valence-corrected chi connectivity index (χ1v) is 11.2. The van der Waals surface area contributed by atoms with Crippen molar-refractivity contribution in [2.75, 3.05) is 13.1 Å². The number of amides is 1. The van der Waals surface area contributed by atoms with Crippen LogP contribution in [0.1, 0.15) is 37.0 Å². The summed E-state index contributed by atoms with van der Waals surface area (Å²) in [6.07, 6.45) is 12.6. The molecule has 0 atom stereocenters. The minimum Gasteiger partial charge on any atom is -0.483 e. The van der Waals surface area contributed by atoms with Gasteiger partial charge in [0.2, 0.25) is 5.91 Å². The predicted molar refractivity (Wildman–Crippen MR) is 119 cm³/mol. The molecule has 4 heterocycles. The van der Waals surface area contributed by atoms with Gasteiger partial charge in [-0.3, -0.25) is 23.7 Å². The lowest BCUT2D eigenvalue weighted by Crippen LogP contribution is -2.28. The second kappa shape index (κ2) is 11.4. The van der Waals surface area contributed by atoms with Gasteiger partial charge in [0.15, 0.2) is 5.82 Å². The fourth-order valence-corrected chi connectivity index (χ4v) is 4.67. The Morgan fingerprint density at radius 3 is 2.77 bits per heavy atom. The van der Waals surface area contributed by atoms with Gasteiger partial charge < -0.3 is 10.8 Å². The second-order valence-electron chi connectivity index (χ2n) is 7.36. The molecule has 9 nitrogen and oxygen atoms in total. The van der Waals surface area contributed by atoms with E-state index in [2.05, 4.69) is 31.7 Å². The number of thiophene rings is 1. The van der Waals surface area contributed by atoms with Crippen molar-refractivity contribution in [2.45, 2.75) is 45.2 Å². The number of nitrogens with zero attached hydrogens (tertiary/aromatic N) is 5. The maximum atomic E-state index is 10.9. The van der Waals surface area contributed by atoms with E-state index in [4.69, 9.17) is 15.6 Å². The number of carbonyl (C=O) groups is 2. The highest BCUT2D eigenvalue weighted by molar-refractivity contribution is 7.15. The Morgan fingerprint density at radius 1 is 1.26 bits per heavy atom. The van der Waals surface area contributed by atoms with Crippen molar-refractivity contribution in [2.24, 2.45) is 5.73 Å². The number of piperidine rings is 1. The number of aromatic nitrogens is 4. The van der Waals surface area contributed by atoms with Crippen LogP contribution >= 0.6 is 11.3 Å². The molecular weight excluding hydrogens is 416 g/mol. The lowest BCUT2D eigenvalue weighted by atomic mass is 10.1. The summed E-state index contributed by atoms with van der Waals surface area (Å²) in [7, 11) is 0. The van der Waals surface area contributed by atoms with Crippen LogP contribution in [0.15, 0.2) is 36.9 Å². The van der Waals surface area contributed by atoms with E-state index in [9.17, 15) is 4.79 Å². The molecule has 1 amide bonds. The maximum absolute atomic E-state index is 10.9. The van der Waals surface area contributed by atoms with Crippen molar-refractivity contribution in [3.63, 3.8) is 0 Å². The number of hydrogen-bond donors (Lipinski definition) is 2. The Morgan fingerprint density at radius 2 is 2.03 bits per heavy atom. The van der Waals surface area contributed by atoms with Crippen molar-refractivity contribution in [1.82, 2.24) is 24.2 Å². The van der Waals surface area contributed by atoms with Gasteiger partial charge in [0.1, 0.15) is 0 Å². The van der Waals surface area contributed by atoms with Gasteiger partial charge in [-0.1, -0.05) is 6.42 Å². The normalized spacial score (nSPS) is 14.1. The molecule has 166 valence electrons. The fraction of sp³-hybridized carbons (Fsp3) is 0.429. The van der Waals surface area contributed by atoms with Crippen molar-refractivity contribution in [1.29, 1.82) is 0 Å². The van der Waals surface area contributed by atoms with Crippen molar-refractivity contribution in [3.8, 4) is 16.4 Å². The van der Waals surface area contributed by atoms with Crippen LogP contribution in [-0.2, 0) is 22.7 Å². The summed E-state index contributed by atoms with van der Waals surface area (Å²) in [6, 6.07) is 4.39. The number of carboxylic acid groups (broad SMARTS) is 1. The quantitative estimate of drug-likeness (QED) is 0.516. The number of carbonyl (C=O) groups excluding carboxylic acids is 1. The molecule has 3 aromatic rings. The molecule has 0 spiro atoms. The van der Waals surface area contributed by atoms with Gasteiger partial charge in [0, 0.05) is 43.0 Å². The zero-order chi connectivity index (χ0) is 22.1. The molecule has 0 aromatic carbocycles. The van der Waals surface area contributed by atoms with E-state index in [1.54, 1.807) is 0 Å².